The van der Waals surface area contributed by atoms with Crippen LogP contribution in [0.3, 0.4) is 0 Å². The van der Waals surface area contributed by atoms with E-state index in [9.17, 15) is 14.5 Å². The molecular formula is C11H13FN2O2S. The number of para-hydroxylation sites is 1. The minimum Gasteiger partial charge on any atom is -0.374 e. The van der Waals surface area contributed by atoms with Gasteiger partial charge in [0.25, 0.3) is 5.69 Å². The number of hydrogen-bond acceptors (Lipinski definition) is 4. The lowest BCUT2D eigenvalue weighted by Crippen LogP contribution is -2.26. The molecule has 1 aromatic carbocycles. The van der Waals surface area contributed by atoms with Gasteiger partial charge >= 0.3 is 0 Å². The molecule has 0 aromatic heterocycles. The second-order valence-corrected chi connectivity index (χ2v) is 5.10. The van der Waals surface area contributed by atoms with Crippen molar-refractivity contribution in [3.8, 4) is 0 Å². The Labute approximate surface area is 103 Å². The van der Waals surface area contributed by atoms with Crippen molar-refractivity contribution in [1.29, 1.82) is 0 Å². The topological polar surface area (TPSA) is 55.2 Å². The lowest BCUT2D eigenvalue weighted by atomic mass is 10.1. The summed E-state index contributed by atoms with van der Waals surface area (Å²) in [6.07, 6.45) is 1.99. The van der Waals surface area contributed by atoms with Gasteiger partial charge in [0, 0.05) is 17.9 Å². The first-order valence-corrected chi connectivity index (χ1v) is 6.61. The fourth-order valence-electron chi connectivity index (χ4n) is 1.87. The molecular weight excluding hydrogens is 243 g/mol. The van der Waals surface area contributed by atoms with Crippen LogP contribution < -0.4 is 5.32 Å². The molecule has 1 unspecified atom stereocenters. The monoisotopic (exact) mass is 256 g/mol. The molecule has 1 N–H and O–H groups in total. The molecule has 1 heterocycles. The number of nitro groups is 1. The van der Waals surface area contributed by atoms with Gasteiger partial charge in [-0.15, -0.1) is 0 Å². The van der Waals surface area contributed by atoms with Crippen molar-refractivity contribution >= 4 is 23.1 Å². The lowest BCUT2D eigenvalue weighted by molar-refractivity contribution is -0.384. The van der Waals surface area contributed by atoms with Crippen LogP contribution in [-0.4, -0.2) is 22.5 Å². The molecule has 0 radical (unpaired) electrons. The Morgan fingerprint density at radius 2 is 2.35 bits per heavy atom. The van der Waals surface area contributed by atoms with E-state index < -0.39 is 10.7 Å². The van der Waals surface area contributed by atoms with Crippen LogP contribution in [0, 0.1) is 15.9 Å². The summed E-state index contributed by atoms with van der Waals surface area (Å²) < 4.78 is 13.6. The van der Waals surface area contributed by atoms with Crippen LogP contribution in [0.5, 0.6) is 0 Å². The number of nitrogens with one attached hydrogen (secondary N) is 1. The molecule has 6 heteroatoms. The van der Waals surface area contributed by atoms with Crippen LogP contribution in [0.4, 0.5) is 15.8 Å². The van der Waals surface area contributed by atoms with E-state index in [1.165, 1.54) is 18.2 Å². The molecule has 0 saturated carbocycles. The molecule has 17 heavy (non-hydrogen) atoms. The van der Waals surface area contributed by atoms with Gasteiger partial charge in [-0.05, 0) is 24.7 Å². The summed E-state index contributed by atoms with van der Waals surface area (Å²) in [5.41, 5.74) is -0.175. The number of nitro benzene ring substituents is 1. The second kappa shape index (κ2) is 5.35. The Morgan fingerprint density at radius 3 is 3.00 bits per heavy atom. The second-order valence-electron chi connectivity index (χ2n) is 3.95. The normalized spacial score (nSPS) is 19.9. The van der Waals surface area contributed by atoms with Gasteiger partial charge in [-0.2, -0.15) is 11.8 Å². The predicted molar refractivity (Wildman–Crippen MR) is 67.0 cm³/mol. The molecule has 0 bridgehead atoms. The fraction of sp³-hybridized carbons (Fsp3) is 0.455. The highest BCUT2D eigenvalue weighted by atomic mass is 32.2. The number of halogens is 1. The zero-order valence-electron chi connectivity index (χ0n) is 9.19. The number of rotatable bonds is 3. The van der Waals surface area contributed by atoms with Gasteiger partial charge in [-0.3, -0.25) is 10.1 Å². The Kier molecular flexibility index (Phi) is 3.83. The first-order valence-electron chi connectivity index (χ1n) is 5.45. The number of nitrogens with zero attached hydrogens (tertiary/aromatic N) is 1. The third-order valence-corrected chi connectivity index (χ3v) is 3.91. The Balaban J connectivity index is 2.21. The molecule has 1 aliphatic heterocycles. The molecule has 0 amide bonds. The van der Waals surface area contributed by atoms with Crippen molar-refractivity contribution in [2.45, 2.75) is 18.9 Å². The molecule has 92 valence electrons. The lowest BCUT2D eigenvalue weighted by Gasteiger charge is -2.23. The average Bonchev–Trinajstić information content (AvgIpc) is 2.33. The SMILES string of the molecule is O=[N+]([O-])c1cccc(F)c1NC1CCCSC1. The maximum Gasteiger partial charge on any atom is 0.295 e. The minimum absolute atomic E-state index is 0.0185. The highest BCUT2D eigenvalue weighted by molar-refractivity contribution is 7.99. The molecule has 1 aliphatic rings. The predicted octanol–water partition coefficient (Wildman–Crippen LogP) is 3.04. The van der Waals surface area contributed by atoms with Gasteiger partial charge in [0.05, 0.1) is 4.92 Å². The number of hydrogen-bond donors (Lipinski definition) is 1. The van der Waals surface area contributed by atoms with Crippen molar-refractivity contribution in [1.82, 2.24) is 0 Å². The molecule has 0 spiro atoms. The maximum absolute atomic E-state index is 13.6. The highest BCUT2D eigenvalue weighted by Crippen LogP contribution is 2.30. The number of benzene rings is 1. The van der Waals surface area contributed by atoms with E-state index in [0.29, 0.717) is 0 Å². The molecule has 4 nitrogen and oxygen atoms in total. The van der Waals surface area contributed by atoms with Crippen LogP contribution in [-0.2, 0) is 0 Å². The van der Waals surface area contributed by atoms with Gasteiger partial charge in [0.2, 0.25) is 0 Å². The van der Waals surface area contributed by atoms with Crippen LogP contribution in [0.25, 0.3) is 0 Å². The van der Waals surface area contributed by atoms with Crippen molar-refractivity contribution in [2.75, 3.05) is 16.8 Å². The van der Waals surface area contributed by atoms with E-state index >= 15 is 0 Å². The summed E-state index contributed by atoms with van der Waals surface area (Å²) in [6.45, 7) is 0. The van der Waals surface area contributed by atoms with Crippen LogP contribution >= 0.6 is 11.8 Å². The van der Waals surface area contributed by atoms with E-state index in [4.69, 9.17) is 0 Å². The van der Waals surface area contributed by atoms with Crippen LogP contribution in [0.1, 0.15) is 12.8 Å². The maximum atomic E-state index is 13.6. The van der Waals surface area contributed by atoms with E-state index in [1.54, 1.807) is 11.8 Å². The van der Waals surface area contributed by atoms with Gasteiger partial charge in [-0.1, -0.05) is 6.07 Å². The average molecular weight is 256 g/mol. The Bertz CT molecular complexity index is 422. The highest BCUT2D eigenvalue weighted by Gasteiger charge is 2.22. The minimum atomic E-state index is -0.560. The van der Waals surface area contributed by atoms with E-state index in [1.807, 2.05) is 0 Å². The van der Waals surface area contributed by atoms with Crippen LogP contribution in [0.2, 0.25) is 0 Å². The van der Waals surface area contributed by atoms with Crippen molar-refractivity contribution in [3.05, 3.63) is 34.1 Å². The first kappa shape index (κ1) is 12.2. The summed E-state index contributed by atoms with van der Waals surface area (Å²) in [7, 11) is 0. The summed E-state index contributed by atoms with van der Waals surface area (Å²) >= 11 is 1.79. The van der Waals surface area contributed by atoms with E-state index in [0.717, 1.165) is 24.3 Å². The zero-order chi connectivity index (χ0) is 12.3. The summed E-state index contributed by atoms with van der Waals surface area (Å²) in [6, 6.07) is 4.03. The quantitative estimate of drug-likeness (QED) is 0.667. The summed E-state index contributed by atoms with van der Waals surface area (Å²) in [4.78, 5) is 10.3. The third-order valence-electron chi connectivity index (χ3n) is 2.70. The largest absolute Gasteiger partial charge is 0.374 e. The summed E-state index contributed by atoms with van der Waals surface area (Å²) in [5.74, 6) is 1.41. The summed E-state index contributed by atoms with van der Waals surface area (Å²) in [5, 5.41) is 13.8. The van der Waals surface area contributed by atoms with Gasteiger partial charge in [0.15, 0.2) is 5.82 Å². The number of thioether (sulfide) groups is 1. The van der Waals surface area contributed by atoms with E-state index in [-0.39, 0.29) is 17.4 Å². The Morgan fingerprint density at radius 1 is 1.53 bits per heavy atom. The molecule has 1 atom stereocenters. The standard InChI is InChI=1S/C11H13FN2O2S/c12-9-4-1-5-10(14(15)16)11(9)13-8-3-2-6-17-7-8/h1,4-5,8,13H,2-3,6-7H2. The fourth-order valence-corrected chi connectivity index (χ4v) is 2.94. The molecule has 0 aliphatic carbocycles. The third kappa shape index (κ3) is 2.88. The first-order chi connectivity index (χ1) is 8.18. The van der Waals surface area contributed by atoms with Crippen molar-refractivity contribution < 1.29 is 9.31 Å². The Hall–Kier alpha value is -1.30. The molecule has 1 aromatic rings. The van der Waals surface area contributed by atoms with E-state index in [2.05, 4.69) is 5.32 Å². The zero-order valence-corrected chi connectivity index (χ0v) is 10.0. The molecule has 2 rings (SSSR count). The molecule has 1 saturated heterocycles. The van der Waals surface area contributed by atoms with Gasteiger partial charge in [-0.25, -0.2) is 4.39 Å². The van der Waals surface area contributed by atoms with Gasteiger partial charge in [0.1, 0.15) is 5.69 Å². The van der Waals surface area contributed by atoms with Crippen molar-refractivity contribution in [2.24, 2.45) is 0 Å². The number of anilines is 1. The van der Waals surface area contributed by atoms with Crippen molar-refractivity contribution in [3.63, 3.8) is 0 Å². The van der Waals surface area contributed by atoms with Crippen LogP contribution in [0.15, 0.2) is 18.2 Å². The molecule has 1 fully saturated rings. The van der Waals surface area contributed by atoms with Gasteiger partial charge < -0.3 is 5.32 Å². The smallest absolute Gasteiger partial charge is 0.295 e.